The monoisotopic (exact) mass is 284 g/mol. The number of halogens is 1. The van der Waals surface area contributed by atoms with Crippen LogP contribution in [-0.2, 0) is 6.54 Å². The number of para-hydroxylation sites is 1. The zero-order valence-electron chi connectivity index (χ0n) is 11.4. The van der Waals surface area contributed by atoms with Gasteiger partial charge in [-0.2, -0.15) is 0 Å². The second-order valence-electron chi connectivity index (χ2n) is 4.98. The molecule has 0 amide bonds. The zero-order valence-corrected chi connectivity index (χ0v) is 12.1. The summed E-state index contributed by atoms with van der Waals surface area (Å²) in [5, 5.41) is 5.59. The predicted octanol–water partition coefficient (Wildman–Crippen LogP) is 4.67. The van der Waals surface area contributed by atoms with Gasteiger partial charge in [-0.1, -0.05) is 48.0 Å². The number of fused-ring (bicyclic) bond motifs is 1. The van der Waals surface area contributed by atoms with E-state index in [1.807, 2.05) is 24.4 Å². The van der Waals surface area contributed by atoms with Crippen LogP contribution in [0.3, 0.4) is 0 Å². The van der Waals surface area contributed by atoms with Crippen LogP contribution in [0.5, 0.6) is 0 Å². The van der Waals surface area contributed by atoms with Crippen molar-refractivity contribution in [1.29, 1.82) is 0 Å². The lowest BCUT2D eigenvalue weighted by atomic mass is 10.1. The van der Waals surface area contributed by atoms with E-state index in [1.165, 1.54) is 16.5 Å². The zero-order chi connectivity index (χ0) is 13.9. The lowest BCUT2D eigenvalue weighted by Crippen LogP contribution is -2.18. The summed E-state index contributed by atoms with van der Waals surface area (Å²) >= 11 is 6.23. The molecule has 2 nitrogen and oxygen atoms in total. The lowest BCUT2D eigenvalue weighted by molar-refractivity contribution is 0.576. The Bertz CT molecular complexity index is 718. The van der Waals surface area contributed by atoms with Gasteiger partial charge in [0.1, 0.15) is 0 Å². The molecule has 1 heterocycles. The average Bonchev–Trinajstić information content (AvgIpc) is 2.94. The summed E-state index contributed by atoms with van der Waals surface area (Å²) in [5.41, 5.74) is 3.60. The molecule has 3 heteroatoms. The van der Waals surface area contributed by atoms with Gasteiger partial charge in [0.05, 0.1) is 0 Å². The molecule has 102 valence electrons. The Morgan fingerprint density at radius 1 is 1.10 bits per heavy atom. The van der Waals surface area contributed by atoms with E-state index in [0.29, 0.717) is 0 Å². The van der Waals surface area contributed by atoms with Crippen molar-refractivity contribution in [2.75, 3.05) is 0 Å². The minimum Gasteiger partial charge on any atom is -0.361 e. The minimum absolute atomic E-state index is 0.217. The first-order valence-corrected chi connectivity index (χ1v) is 7.16. The van der Waals surface area contributed by atoms with Gasteiger partial charge < -0.3 is 10.3 Å². The molecule has 1 atom stereocenters. The van der Waals surface area contributed by atoms with E-state index in [-0.39, 0.29) is 6.04 Å². The van der Waals surface area contributed by atoms with Crippen molar-refractivity contribution in [2.45, 2.75) is 19.5 Å². The molecule has 20 heavy (non-hydrogen) atoms. The molecule has 0 fully saturated rings. The van der Waals surface area contributed by atoms with Crippen LogP contribution in [0.2, 0.25) is 5.02 Å². The third-order valence-corrected chi connectivity index (χ3v) is 3.99. The van der Waals surface area contributed by atoms with E-state index in [9.17, 15) is 0 Å². The minimum atomic E-state index is 0.217. The van der Waals surface area contributed by atoms with Gasteiger partial charge in [-0.05, 0) is 35.6 Å². The summed E-state index contributed by atoms with van der Waals surface area (Å²) in [5.74, 6) is 0. The highest BCUT2D eigenvalue weighted by molar-refractivity contribution is 6.31. The number of rotatable bonds is 4. The summed E-state index contributed by atoms with van der Waals surface area (Å²) in [6, 6.07) is 16.6. The van der Waals surface area contributed by atoms with E-state index in [2.05, 4.69) is 47.6 Å². The van der Waals surface area contributed by atoms with E-state index in [0.717, 1.165) is 17.1 Å². The molecule has 0 radical (unpaired) electrons. The number of aromatic nitrogens is 1. The quantitative estimate of drug-likeness (QED) is 0.716. The molecular weight excluding hydrogens is 268 g/mol. The molecule has 0 bridgehead atoms. The molecule has 0 saturated carbocycles. The van der Waals surface area contributed by atoms with Crippen LogP contribution in [0.4, 0.5) is 0 Å². The second kappa shape index (κ2) is 5.70. The number of hydrogen-bond acceptors (Lipinski definition) is 1. The van der Waals surface area contributed by atoms with Crippen molar-refractivity contribution in [1.82, 2.24) is 10.3 Å². The molecule has 3 rings (SSSR count). The van der Waals surface area contributed by atoms with Gasteiger partial charge in [0.2, 0.25) is 0 Å². The second-order valence-corrected chi connectivity index (χ2v) is 5.39. The highest BCUT2D eigenvalue weighted by Crippen LogP contribution is 2.23. The molecule has 0 unspecified atom stereocenters. The molecule has 0 aliphatic carbocycles. The maximum Gasteiger partial charge on any atom is 0.0499 e. The van der Waals surface area contributed by atoms with Crippen molar-refractivity contribution >= 4 is 22.5 Å². The van der Waals surface area contributed by atoms with Gasteiger partial charge in [-0.15, -0.1) is 0 Å². The summed E-state index contributed by atoms with van der Waals surface area (Å²) in [6.07, 6.45) is 1.98. The van der Waals surface area contributed by atoms with E-state index in [4.69, 9.17) is 11.6 Å². The first-order valence-electron chi connectivity index (χ1n) is 6.78. The smallest absolute Gasteiger partial charge is 0.0499 e. The Morgan fingerprint density at radius 2 is 1.95 bits per heavy atom. The molecule has 3 aromatic rings. The van der Waals surface area contributed by atoms with Crippen LogP contribution >= 0.6 is 11.6 Å². The third kappa shape index (κ3) is 2.58. The Morgan fingerprint density at radius 3 is 2.80 bits per heavy atom. The molecule has 0 aliphatic heterocycles. The Labute approximate surface area is 123 Å². The van der Waals surface area contributed by atoms with Gasteiger partial charge in [-0.25, -0.2) is 0 Å². The third-order valence-electron chi connectivity index (χ3n) is 3.64. The highest BCUT2D eigenvalue weighted by atomic mass is 35.5. The summed E-state index contributed by atoms with van der Waals surface area (Å²) in [4.78, 5) is 3.30. The molecule has 0 saturated heterocycles. The molecular formula is C17H17ClN2. The van der Waals surface area contributed by atoms with Crippen LogP contribution in [-0.4, -0.2) is 4.98 Å². The predicted molar refractivity (Wildman–Crippen MR) is 85.0 cm³/mol. The first kappa shape index (κ1) is 13.2. The highest BCUT2D eigenvalue weighted by Gasteiger charge is 2.09. The van der Waals surface area contributed by atoms with Crippen molar-refractivity contribution in [3.63, 3.8) is 0 Å². The van der Waals surface area contributed by atoms with Crippen LogP contribution in [0.1, 0.15) is 24.1 Å². The molecule has 2 N–H and O–H groups in total. The fraction of sp³-hybridized carbons (Fsp3) is 0.176. The molecule has 0 aliphatic rings. The number of H-pyrrole nitrogens is 1. The van der Waals surface area contributed by atoms with Crippen LogP contribution < -0.4 is 5.32 Å². The fourth-order valence-corrected chi connectivity index (χ4v) is 2.80. The topological polar surface area (TPSA) is 27.8 Å². The largest absolute Gasteiger partial charge is 0.361 e. The van der Waals surface area contributed by atoms with E-state index in [1.54, 1.807) is 0 Å². The van der Waals surface area contributed by atoms with Crippen molar-refractivity contribution in [3.8, 4) is 0 Å². The summed E-state index contributed by atoms with van der Waals surface area (Å²) in [7, 11) is 0. The maximum atomic E-state index is 6.23. The molecule has 1 aromatic heterocycles. The van der Waals surface area contributed by atoms with Crippen molar-refractivity contribution in [3.05, 3.63) is 70.9 Å². The number of hydrogen-bond donors (Lipinski definition) is 2. The van der Waals surface area contributed by atoms with Crippen LogP contribution in [0.15, 0.2) is 54.7 Å². The van der Waals surface area contributed by atoms with Gasteiger partial charge in [0, 0.05) is 29.3 Å². The summed E-state index contributed by atoms with van der Waals surface area (Å²) in [6.45, 7) is 2.94. The lowest BCUT2D eigenvalue weighted by Gasteiger charge is -2.16. The van der Waals surface area contributed by atoms with E-state index < -0.39 is 0 Å². The van der Waals surface area contributed by atoms with E-state index >= 15 is 0 Å². The SMILES string of the molecule is C[C@@H](NCc1cccc2cc[nH]c12)c1ccccc1Cl. The van der Waals surface area contributed by atoms with Crippen molar-refractivity contribution < 1.29 is 0 Å². The Kier molecular flexibility index (Phi) is 3.77. The molecule has 2 aromatic carbocycles. The summed E-state index contributed by atoms with van der Waals surface area (Å²) < 4.78 is 0. The number of nitrogens with one attached hydrogen (secondary N) is 2. The Hall–Kier alpha value is -1.77. The fourth-order valence-electron chi connectivity index (χ4n) is 2.50. The average molecular weight is 285 g/mol. The van der Waals surface area contributed by atoms with Gasteiger partial charge in [0.15, 0.2) is 0 Å². The van der Waals surface area contributed by atoms with Gasteiger partial charge >= 0.3 is 0 Å². The standard InChI is InChI=1S/C17H17ClN2/c1-12(15-7-2-3-8-16(15)18)20-11-14-6-4-5-13-9-10-19-17(13)14/h2-10,12,19-20H,11H2,1H3/t12-/m1/s1. The van der Waals surface area contributed by atoms with Crippen LogP contribution in [0.25, 0.3) is 10.9 Å². The first-order chi connectivity index (χ1) is 9.75. The van der Waals surface area contributed by atoms with Gasteiger partial charge in [0.25, 0.3) is 0 Å². The number of benzene rings is 2. The van der Waals surface area contributed by atoms with Crippen LogP contribution in [0, 0.1) is 0 Å². The normalized spacial score (nSPS) is 12.7. The molecule has 0 spiro atoms. The van der Waals surface area contributed by atoms with Gasteiger partial charge in [-0.3, -0.25) is 0 Å². The van der Waals surface area contributed by atoms with Crippen molar-refractivity contribution in [2.24, 2.45) is 0 Å². The Balaban J connectivity index is 1.76. The number of aromatic amines is 1. The maximum absolute atomic E-state index is 6.23.